The van der Waals surface area contributed by atoms with E-state index >= 15 is 0 Å². The molecule has 0 radical (unpaired) electrons. The molecule has 2 saturated heterocycles. The fraction of sp³-hybridized carbons (Fsp3) is 1.00. The predicted octanol–water partition coefficient (Wildman–Crippen LogP) is -0.166. The zero-order chi connectivity index (χ0) is 11.3. The second-order valence-corrected chi connectivity index (χ2v) is 4.29. The molecular weight excluding hydrogens is 210 g/mol. The number of likely N-dealkylation sites (tertiary alicyclic amines) is 1. The van der Waals surface area contributed by atoms with Crippen molar-refractivity contribution in [1.82, 2.24) is 4.90 Å². The predicted molar refractivity (Wildman–Crippen MR) is 58.2 cm³/mol. The Kier molecular flexibility index (Phi) is 4.55. The van der Waals surface area contributed by atoms with Crippen LogP contribution in [0.1, 0.15) is 12.8 Å². The van der Waals surface area contributed by atoms with Gasteiger partial charge in [0.2, 0.25) is 0 Å². The highest BCUT2D eigenvalue weighted by molar-refractivity contribution is 4.82. The van der Waals surface area contributed by atoms with Crippen LogP contribution in [-0.2, 0) is 14.2 Å². The smallest absolute Gasteiger partial charge is 0.170 e. The van der Waals surface area contributed by atoms with Crippen molar-refractivity contribution in [3.05, 3.63) is 0 Å². The molecule has 0 aromatic carbocycles. The third kappa shape index (κ3) is 3.15. The van der Waals surface area contributed by atoms with Crippen LogP contribution in [0.25, 0.3) is 0 Å². The zero-order valence-corrected chi connectivity index (χ0v) is 9.69. The molecule has 2 heterocycles. The van der Waals surface area contributed by atoms with E-state index in [0.29, 0.717) is 13.2 Å². The van der Waals surface area contributed by atoms with Gasteiger partial charge in [-0.25, -0.2) is 0 Å². The first-order valence-electron chi connectivity index (χ1n) is 6.03. The number of ether oxygens (including phenoxy) is 3. The minimum Gasteiger partial charge on any atom is -0.394 e. The highest BCUT2D eigenvalue weighted by Crippen LogP contribution is 2.30. The van der Waals surface area contributed by atoms with Gasteiger partial charge in [-0.3, -0.25) is 0 Å². The number of hydrogen-bond donors (Lipinski definition) is 1. The van der Waals surface area contributed by atoms with Gasteiger partial charge in [0.25, 0.3) is 0 Å². The lowest BCUT2D eigenvalue weighted by molar-refractivity contribution is -0.185. The SMILES string of the molecule is OCCOCCN1CCC2(CC1)OCCO2. The number of aliphatic hydroxyl groups excluding tert-OH is 1. The highest BCUT2D eigenvalue weighted by atomic mass is 16.7. The van der Waals surface area contributed by atoms with Crippen molar-refractivity contribution in [2.75, 3.05) is 52.7 Å². The first-order valence-corrected chi connectivity index (χ1v) is 6.03. The van der Waals surface area contributed by atoms with Gasteiger partial charge in [-0.15, -0.1) is 0 Å². The van der Waals surface area contributed by atoms with Crippen LogP contribution in [-0.4, -0.2) is 68.5 Å². The van der Waals surface area contributed by atoms with Gasteiger partial charge in [-0.2, -0.15) is 0 Å². The van der Waals surface area contributed by atoms with E-state index in [2.05, 4.69) is 4.90 Å². The van der Waals surface area contributed by atoms with E-state index in [9.17, 15) is 0 Å². The van der Waals surface area contributed by atoms with Crippen molar-refractivity contribution in [3.63, 3.8) is 0 Å². The second-order valence-electron chi connectivity index (χ2n) is 4.29. The summed E-state index contributed by atoms with van der Waals surface area (Å²) < 4.78 is 16.6. The van der Waals surface area contributed by atoms with Crippen LogP contribution in [0.3, 0.4) is 0 Å². The number of nitrogens with zero attached hydrogens (tertiary/aromatic N) is 1. The van der Waals surface area contributed by atoms with E-state index < -0.39 is 0 Å². The maximum Gasteiger partial charge on any atom is 0.170 e. The van der Waals surface area contributed by atoms with Gasteiger partial charge in [-0.1, -0.05) is 0 Å². The molecule has 0 aromatic heterocycles. The van der Waals surface area contributed by atoms with Crippen molar-refractivity contribution in [3.8, 4) is 0 Å². The molecule has 0 aromatic rings. The van der Waals surface area contributed by atoms with Crippen LogP contribution >= 0.6 is 0 Å². The molecule has 0 aliphatic carbocycles. The van der Waals surface area contributed by atoms with Crippen LogP contribution in [0, 0.1) is 0 Å². The number of rotatable bonds is 5. The van der Waals surface area contributed by atoms with Gasteiger partial charge >= 0.3 is 0 Å². The summed E-state index contributed by atoms with van der Waals surface area (Å²) in [5.74, 6) is -0.275. The summed E-state index contributed by atoms with van der Waals surface area (Å²) in [6.45, 7) is 5.63. The quantitative estimate of drug-likeness (QED) is 0.666. The summed E-state index contributed by atoms with van der Waals surface area (Å²) in [6, 6.07) is 0. The number of piperidine rings is 1. The molecule has 0 atom stereocenters. The Morgan fingerprint density at radius 3 is 2.44 bits per heavy atom. The van der Waals surface area contributed by atoms with E-state index in [4.69, 9.17) is 19.3 Å². The monoisotopic (exact) mass is 231 g/mol. The largest absolute Gasteiger partial charge is 0.394 e. The molecule has 5 heteroatoms. The molecule has 0 saturated carbocycles. The standard InChI is InChI=1S/C11H21NO4/c13-6-8-14-7-5-12-3-1-11(2-4-12)15-9-10-16-11/h13H,1-10H2. The van der Waals surface area contributed by atoms with Gasteiger partial charge in [0.15, 0.2) is 5.79 Å². The maximum absolute atomic E-state index is 8.57. The van der Waals surface area contributed by atoms with Gasteiger partial charge < -0.3 is 24.2 Å². The van der Waals surface area contributed by atoms with Gasteiger partial charge in [0.1, 0.15) is 0 Å². The van der Waals surface area contributed by atoms with Crippen molar-refractivity contribution in [2.45, 2.75) is 18.6 Å². The summed E-state index contributed by atoms with van der Waals surface area (Å²) in [5, 5.41) is 8.57. The first kappa shape index (κ1) is 12.3. The van der Waals surface area contributed by atoms with Crippen LogP contribution in [0.2, 0.25) is 0 Å². The van der Waals surface area contributed by atoms with Crippen LogP contribution in [0.15, 0.2) is 0 Å². The van der Waals surface area contributed by atoms with Gasteiger partial charge in [0.05, 0.1) is 33.0 Å². The van der Waals surface area contributed by atoms with Crippen LogP contribution in [0.5, 0.6) is 0 Å². The molecule has 0 unspecified atom stereocenters. The highest BCUT2D eigenvalue weighted by Gasteiger charge is 2.39. The van der Waals surface area contributed by atoms with E-state index in [0.717, 1.165) is 45.7 Å². The van der Waals surface area contributed by atoms with E-state index in [-0.39, 0.29) is 12.4 Å². The zero-order valence-electron chi connectivity index (χ0n) is 9.69. The number of hydrogen-bond acceptors (Lipinski definition) is 5. The summed E-state index contributed by atoms with van der Waals surface area (Å²) in [6.07, 6.45) is 1.90. The fourth-order valence-corrected chi connectivity index (χ4v) is 2.26. The third-order valence-corrected chi connectivity index (χ3v) is 3.22. The summed E-state index contributed by atoms with van der Waals surface area (Å²) in [4.78, 5) is 2.35. The first-order chi connectivity index (χ1) is 7.85. The summed E-state index contributed by atoms with van der Waals surface area (Å²) in [7, 11) is 0. The topological polar surface area (TPSA) is 51.2 Å². The molecule has 16 heavy (non-hydrogen) atoms. The Labute approximate surface area is 96.3 Å². The Bertz CT molecular complexity index is 196. The molecule has 94 valence electrons. The fourth-order valence-electron chi connectivity index (χ4n) is 2.26. The van der Waals surface area contributed by atoms with Crippen LogP contribution in [0.4, 0.5) is 0 Å². The molecule has 2 aliphatic heterocycles. The summed E-state index contributed by atoms with van der Waals surface area (Å²) in [5.41, 5.74) is 0. The average molecular weight is 231 g/mol. The molecular formula is C11H21NO4. The lowest BCUT2D eigenvalue weighted by atomic mass is 10.0. The normalized spacial score (nSPS) is 25.3. The molecule has 5 nitrogen and oxygen atoms in total. The third-order valence-electron chi connectivity index (χ3n) is 3.22. The minimum absolute atomic E-state index is 0.102. The van der Waals surface area contributed by atoms with Crippen molar-refractivity contribution in [2.24, 2.45) is 0 Å². The Morgan fingerprint density at radius 1 is 1.12 bits per heavy atom. The lowest BCUT2D eigenvalue weighted by Crippen LogP contribution is -2.46. The summed E-state index contributed by atoms with van der Waals surface area (Å²) >= 11 is 0. The molecule has 1 spiro atoms. The minimum atomic E-state index is -0.275. The second kappa shape index (κ2) is 5.93. The van der Waals surface area contributed by atoms with Gasteiger partial charge in [-0.05, 0) is 0 Å². The van der Waals surface area contributed by atoms with Crippen molar-refractivity contribution in [1.29, 1.82) is 0 Å². The van der Waals surface area contributed by atoms with Crippen molar-refractivity contribution >= 4 is 0 Å². The molecule has 2 aliphatic rings. The maximum atomic E-state index is 8.57. The molecule has 0 bridgehead atoms. The Balaban J connectivity index is 1.61. The van der Waals surface area contributed by atoms with E-state index in [1.807, 2.05) is 0 Å². The Morgan fingerprint density at radius 2 is 1.81 bits per heavy atom. The molecule has 0 amide bonds. The lowest BCUT2D eigenvalue weighted by Gasteiger charge is -2.37. The molecule has 1 N–H and O–H groups in total. The molecule has 2 rings (SSSR count). The number of aliphatic hydroxyl groups is 1. The van der Waals surface area contributed by atoms with Crippen LogP contribution < -0.4 is 0 Å². The van der Waals surface area contributed by atoms with Crippen molar-refractivity contribution < 1.29 is 19.3 Å². The van der Waals surface area contributed by atoms with E-state index in [1.165, 1.54) is 0 Å². The average Bonchev–Trinajstić information content (AvgIpc) is 2.76. The molecule has 2 fully saturated rings. The Hall–Kier alpha value is -0.200. The van der Waals surface area contributed by atoms with Gasteiger partial charge in [0, 0.05) is 32.5 Å². The van der Waals surface area contributed by atoms with E-state index in [1.54, 1.807) is 0 Å².